The standard InChI is InChI=1S/C15H16N2O4S/c1-21-14-9-7-12(8-10-14)11-17(22(19)20)15(18)16-13-5-3-2-4-6-13/h2-10H,11H2,1H3,(H,16,18)(H,19,20). The Morgan fingerprint density at radius 1 is 1.18 bits per heavy atom. The van der Waals surface area contributed by atoms with Gasteiger partial charge in [-0.15, -0.1) is 0 Å². The summed E-state index contributed by atoms with van der Waals surface area (Å²) in [5.74, 6) is 0.675. The second-order valence-corrected chi connectivity index (χ2v) is 5.31. The molecule has 7 heteroatoms. The van der Waals surface area contributed by atoms with Gasteiger partial charge in [0.15, 0.2) is 0 Å². The summed E-state index contributed by atoms with van der Waals surface area (Å²) >= 11 is -2.42. The Balaban J connectivity index is 2.08. The van der Waals surface area contributed by atoms with Gasteiger partial charge in [-0.05, 0) is 29.8 Å². The summed E-state index contributed by atoms with van der Waals surface area (Å²) in [6, 6.07) is 15.0. The van der Waals surface area contributed by atoms with Gasteiger partial charge < -0.3 is 10.1 Å². The van der Waals surface area contributed by atoms with E-state index in [-0.39, 0.29) is 6.54 Å². The Bertz CT molecular complexity index is 646. The van der Waals surface area contributed by atoms with Crippen molar-refractivity contribution in [2.45, 2.75) is 6.54 Å². The molecule has 2 aromatic carbocycles. The zero-order valence-corrected chi connectivity index (χ0v) is 12.7. The van der Waals surface area contributed by atoms with Crippen LogP contribution in [-0.4, -0.2) is 26.2 Å². The fourth-order valence-corrected chi connectivity index (χ4v) is 2.25. The third-order valence-corrected chi connectivity index (χ3v) is 3.60. The number of ether oxygens (including phenoxy) is 1. The number of hydrogen-bond donors (Lipinski definition) is 2. The lowest BCUT2D eigenvalue weighted by molar-refractivity contribution is 0.234. The van der Waals surface area contributed by atoms with E-state index in [1.807, 2.05) is 6.07 Å². The van der Waals surface area contributed by atoms with Crippen molar-refractivity contribution >= 4 is 23.0 Å². The number of nitrogens with one attached hydrogen (secondary N) is 1. The number of carbonyl (C=O) groups excluding carboxylic acids is 1. The van der Waals surface area contributed by atoms with E-state index >= 15 is 0 Å². The normalized spacial score (nSPS) is 11.5. The molecule has 0 aliphatic carbocycles. The molecule has 6 nitrogen and oxygen atoms in total. The molecule has 0 spiro atoms. The second kappa shape index (κ2) is 7.58. The van der Waals surface area contributed by atoms with E-state index in [2.05, 4.69) is 5.32 Å². The van der Waals surface area contributed by atoms with Gasteiger partial charge >= 0.3 is 6.03 Å². The van der Waals surface area contributed by atoms with Gasteiger partial charge in [0.1, 0.15) is 5.75 Å². The molecule has 2 rings (SSSR count). The van der Waals surface area contributed by atoms with Gasteiger partial charge in [-0.25, -0.2) is 13.3 Å². The SMILES string of the molecule is COc1ccc(CN(C(=O)Nc2ccccc2)S(=O)O)cc1. The summed E-state index contributed by atoms with van der Waals surface area (Å²) in [4.78, 5) is 12.1. The van der Waals surface area contributed by atoms with Crippen molar-refractivity contribution in [1.82, 2.24) is 4.31 Å². The summed E-state index contributed by atoms with van der Waals surface area (Å²) in [6.45, 7) is 0.00573. The lowest BCUT2D eigenvalue weighted by atomic mass is 10.2. The molecule has 0 aliphatic heterocycles. The predicted octanol–water partition coefficient (Wildman–Crippen LogP) is 2.87. The third-order valence-electron chi connectivity index (χ3n) is 2.93. The van der Waals surface area contributed by atoms with Crippen LogP contribution in [0.4, 0.5) is 10.5 Å². The van der Waals surface area contributed by atoms with Crippen LogP contribution in [0.1, 0.15) is 5.56 Å². The van der Waals surface area contributed by atoms with E-state index in [0.717, 1.165) is 4.31 Å². The molecule has 0 heterocycles. The summed E-state index contributed by atoms with van der Waals surface area (Å²) < 4.78 is 26.6. The van der Waals surface area contributed by atoms with Crippen LogP contribution < -0.4 is 10.1 Å². The van der Waals surface area contributed by atoms with E-state index in [9.17, 15) is 13.6 Å². The van der Waals surface area contributed by atoms with Crippen molar-refractivity contribution < 1.29 is 18.3 Å². The first kappa shape index (κ1) is 16.0. The predicted molar refractivity (Wildman–Crippen MR) is 84.8 cm³/mol. The molecule has 1 unspecified atom stereocenters. The van der Waals surface area contributed by atoms with Crippen molar-refractivity contribution in [2.24, 2.45) is 0 Å². The molecule has 2 aromatic rings. The van der Waals surface area contributed by atoms with Gasteiger partial charge in [0, 0.05) is 5.69 Å². The van der Waals surface area contributed by atoms with Crippen molar-refractivity contribution in [2.75, 3.05) is 12.4 Å². The summed E-state index contributed by atoms with van der Waals surface area (Å²) in [6.07, 6.45) is 0. The number of benzene rings is 2. The van der Waals surface area contributed by atoms with Crippen LogP contribution in [0.2, 0.25) is 0 Å². The largest absolute Gasteiger partial charge is 0.497 e. The molecule has 0 aliphatic rings. The van der Waals surface area contributed by atoms with Crippen molar-refractivity contribution in [3.63, 3.8) is 0 Å². The number of carbonyl (C=O) groups is 1. The number of rotatable bonds is 5. The quantitative estimate of drug-likeness (QED) is 0.830. The van der Waals surface area contributed by atoms with E-state index < -0.39 is 17.3 Å². The van der Waals surface area contributed by atoms with Crippen LogP contribution in [-0.2, 0) is 17.8 Å². The van der Waals surface area contributed by atoms with E-state index in [1.54, 1.807) is 55.6 Å². The Morgan fingerprint density at radius 2 is 1.82 bits per heavy atom. The van der Waals surface area contributed by atoms with Gasteiger partial charge in [0.05, 0.1) is 13.7 Å². The molecule has 0 saturated carbocycles. The van der Waals surface area contributed by atoms with Crippen LogP contribution in [0.25, 0.3) is 0 Å². The minimum Gasteiger partial charge on any atom is -0.497 e. The maximum Gasteiger partial charge on any atom is 0.335 e. The maximum absolute atomic E-state index is 12.1. The Kier molecular flexibility index (Phi) is 5.51. The van der Waals surface area contributed by atoms with Crippen LogP contribution in [0.15, 0.2) is 54.6 Å². The lowest BCUT2D eigenvalue weighted by Gasteiger charge is -2.18. The van der Waals surface area contributed by atoms with Crippen LogP contribution in [0.5, 0.6) is 5.75 Å². The molecule has 1 atom stereocenters. The van der Waals surface area contributed by atoms with Crippen LogP contribution in [0, 0.1) is 0 Å². The van der Waals surface area contributed by atoms with Gasteiger partial charge in [-0.2, -0.15) is 0 Å². The number of hydrogen-bond acceptors (Lipinski definition) is 3. The highest BCUT2D eigenvalue weighted by atomic mass is 32.2. The minimum atomic E-state index is -2.42. The van der Waals surface area contributed by atoms with Crippen LogP contribution >= 0.6 is 0 Å². The third kappa shape index (κ3) is 4.31. The first-order valence-electron chi connectivity index (χ1n) is 6.47. The first-order chi connectivity index (χ1) is 10.6. The van der Waals surface area contributed by atoms with E-state index in [0.29, 0.717) is 17.0 Å². The maximum atomic E-state index is 12.1. The highest BCUT2D eigenvalue weighted by Gasteiger charge is 2.19. The first-order valence-corrected chi connectivity index (χ1v) is 7.54. The number of anilines is 1. The zero-order valence-electron chi connectivity index (χ0n) is 11.9. The fraction of sp³-hybridized carbons (Fsp3) is 0.133. The molecule has 0 fully saturated rings. The Morgan fingerprint density at radius 3 is 2.36 bits per heavy atom. The molecule has 0 saturated heterocycles. The summed E-state index contributed by atoms with van der Waals surface area (Å²) in [7, 11) is 1.55. The average molecular weight is 320 g/mol. The number of nitrogens with zero attached hydrogens (tertiary/aromatic N) is 1. The molecule has 22 heavy (non-hydrogen) atoms. The highest BCUT2D eigenvalue weighted by Crippen LogP contribution is 2.15. The summed E-state index contributed by atoms with van der Waals surface area (Å²) in [5, 5.41) is 2.58. The van der Waals surface area contributed by atoms with Crippen LogP contribution in [0.3, 0.4) is 0 Å². The average Bonchev–Trinajstić information content (AvgIpc) is 2.53. The zero-order chi connectivity index (χ0) is 15.9. The number of para-hydroxylation sites is 1. The van der Waals surface area contributed by atoms with Gasteiger partial charge in [0.2, 0.25) is 0 Å². The van der Waals surface area contributed by atoms with Gasteiger partial charge in [-0.3, -0.25) is 4.55 Å². The fourth-order valence-electron chi connectivity index (χ4n) is 1.80. The molecular weight excluding hydrogens is 304 g/mol. The molecule has 0 bridgehead atoms. The molecule has 0 aromatic heterocycles. The highest BCUT2D eigenvalue weighted by molar-refractivity contribution is 7.77. The van der Waals surface area contributed by atoms with E-state index in [4.69, 9.17) is 4.74 Å². The van der Waals surface area contributed by atoms with Gasteiger partial charge in [0.25, 0.3) is 11.3 Å². The molecule has 0 radical (unpaired) electrons. The monoisotopic (exact) mass is 320 g/mol. The van der Waals surface area contributed by atoms with Gasteiger partial charge in [-0.1, -0.05) is 30.3 Å². The van der Waals surface area contributed by atoms with Crippen molar-refractivity contribution in [3.8, 4) is 5.75 Å². The minimum absolute atomic E-state index is 0.00573. The number of urea groups is 1. The molecule has 2 N–H and O–H groups in total. The molecule has 2 amide bonds. The van der Waals surface area contributed by atoms with E-state index in [1.165, 1.54) is 0 Å². The van der Waals surface area contributed by atoms with Crippen molar-refractivity contribution in [1.29, 1.82) is 0 Å². The number of methoxy groups -OCH3 is 1. The van der Waals surface area contributed by atoms with Crippen molar-refractivity contribution in [3.05, 3.63) is 60.2 Å². The Hall–Kier alpha value is -2.38. The smallest absolute Gasteiger partial charge is 0.335 e. The Labute approximate surface area is 131 Å². The molecule has 116 valence electrons. The second-order valence-electron chi connectivity index (χ2n) is 4.41. The summed E-state index contributed by atoms with van der Waals surface area (Å²) in [5.41, 5.74) is 1.27. The molecular formula is C15H16N2O4S. The number of amides is 2. The topological polar surface area (TPSA) is 78.9 Å². The lowest BCUT2D eigenvalue weighted by Crippen LogP contribution is -2.35.